The lowest BCUT2D eigenvalue weighted by atomic mass is 10.1. The number of nitrogens with zero attached hydrogens (tertiary/aromatic N) is 3. The van der Waals surface area contributed by atoms with Crippen molar-refractivity contribution in [1.82, 2.24) is 9.97 Å². The molecular formula is C13H11Cl2N3O3. The first kappa shape index (κ1) is 15.5. The van der Waals surface area contributed by atoms with Gasteiger partial charge in [-0.3, -0.25) is 10.1 Å². The maximum Gasteiger partial charge on any atom is 0.312 e. The molecule has 2 rings (SSSR count). The van der Waals surface area contributed by atoms with E-state index < -0.39 is 4.92 Å². The fourth-order valence-electron chi connectivity index (χ4n) is 1.87. The molecule has 0 bridgehead atoms. The van der Waals surface area contributed by atoms with Gasteiger partial charge in [-0.1, -0.05) is 17.7 Å². The monoisotopic (exact) mass is 327 g/mol. The Bertz CT molecular complexity index is 707. The molecule has 1 aromatic carbocycles. The predicted molar refractivity (Wildman–Crippen MR) is 79.2 cm³/mol. The zero-order valence-electron chi connectivity index (χ0n) is 11.3. The molecule has 110 valence electrons. The van der Waals surface area contributed by atoms with Crippen LogP contribution in [0.1, 0.15) is 16.7 Å². The number of nitro groups is 1. The zero-order valence-corrected chi connectivity index (χ0v) is 12.8. The molecule has 0 saturated heterocycles. The molecule has 0 amide bonds. The van der Waals surface area contributed by atoms with Gasteiger partial charge in [0.25, 0.3) is 0 Å². The Hall–Kier alpha value is -1.92. The van der Waals surface area contributed by atoms with E-state index in [4.69, 9.17) is 27.9 Å². The van der Waals surface area contributed by atoms with Gasteiger partial charge in [0, 0.05) is 6.07 Å². The first-order valence-electron chi connectivity index (χ1n) is 5.93. The van der Waals surface area contributed by atoms with Gasteiger partial charge in [0.1, 0.15) is 11.5 Å². The number of aromatic nitrogens is 2. The fraction of sp³-hybridized carbons (Fsp3) is 0.231. The second kappa shape index (κ2) is 6.24. The number of benzene rings is 1. The smallest absolute Gasteiger partial charge is 0.312 e. The Morgan fingerprint density at radius 2 is 2.05 bits per heavy atom. The van der Waals surface area contributed by atoms with Gasteiger partial charge in [-0.15, -0.1) is 11.6 Å². The van der Waals surface area contributed by atoms with E-state index in [0.29, 0.717) is 11.1 Å². The zero-order chi connectivity index (χ0) is 15.6. The van der Waals surface area contributed by atoms with Crippen molar-refractivity contribution in [1.29, 1.82) is 0 Å². The van der Waals surface area contributed by atoms with Gasteiger partial charge in [-0.05, 0) is 25.0 Å². The molecular weight excluding hydrogens is 317 g/mol. The van der Waals surface area contributed by atoms with E-state index in [0.717, 1.165) is 5.56 Å². The van der Waals surface area contributed by atoms with E-state index in [-0.39, 0.29) is 28.3 Å². The minimum absolute atomic E-state index is 0.0354. The molecule has 0 aliphatic rings. The van der Waals surface area contributed by atoms with Crippen molar-refractivity contribution in [2.24, 2.45) is 0 Å². The number of hydrogen-bond donors (Lipinski definition) is 0. The third-order valence-electron chi connectivity index (χ3n) is 2.78. The van der Waals surface area contributed by atoms with Gasteiger partial charge in [-0.2, -0.15) is 0 Å². The minimum Gasteiger partial charge on any atom is -0.431 e. The molecule has 0 atom stereocenters. The number of aryl methyl sites for hydroxylation is 2. The molecule has 0 aliphatic heterocycles. The van der Waals surface area contributed by atoms with Gasteiger partial charge in [0.2, 0.25) is 11.6 Å². The summed E-state index contributed by atoms with van der Waals surface area (Å²) in [5.74, 6) is 0.264. The van der Waals surface area contributed by atoms with E-state index in [1.807, 2.05) is 0 Å². The molecule has 21 heavy (non-hydrogen) atoms. The first-order chi connectivity index (χ1) is 9.93. The van der Waals surface area contributed by atoms with Crippen molar-refractivity contribution in [2.75, 3.05) is 0 Å². The van der Waals surface area contributed by atoms with Crippen molar-refractivity contribution in [3.63, 3.8) is 0 Å². The Labute approximate surface area is 130 Å². The number of ether oxygens (including phenoxy) is 1. The normalized spacial score (nSPS) is 10.5. The van der Waals surface area contributed by atoms with Crippen LogP contribution in [-0.2, 0) is 5.88 Å². The third kappa shape index (κ3) is 3.22. The molecule has 0 aliphatic carbocycles. The van der Waals surface area contributed by atoms with Crippen LogP contribution >= 0.6 is 23.2 Å². The SMILES string of the molecule is Cc1cc(C)c(Oc2ncnc(Cl)c2CCl)c([N+](=O)[O-])c1. The van der Waals surface area contributed by atoms with Crippen LogP contribution in [0.5, 0.6) is 11.6 Å². The van der Waals surface area contributed by atoms with Gasteiger partial charge in [0.15, 0.2) is 0 Å². The third-order valence-corrected chi connectivity index (χ3v) is 3.37. The Morgan fingerprint density at radius 1 is 1.33 bits per heavy atom. The van der Waals surface area contributed by atoms with Gasteiger partial charge < -0.3 is 4.74 Å². The Balaban J connectivity index is 2.54. The maximum atomic E-state index is 11.2. The molecule has 1 heterocycles. The van der Waals surface area contributed by atoms with Crippen LogP contribution in [0.2, 0.25) is 5.15 Å². The van der Waals surface area contributed by atoms with Crippen LogP contribution in [-0.4, -0.2) is 14.9 Å². The fourth-order valence-corrected chi connectivity index (χ4v) is 2.37. The molecule has 1 aromatic heterocycles. The summed E-state index contributed by atoms with van der Waals surface area (Å²) in [5.41, 5.74) is 1.64. The van der Waals surface area contributed by atoms with E-state index in [1.54, 1.807) is 19.9 Å². The summed E-state index contributed by atoms with van der Waals surface area (Å²) in [5, 5.41) is 11.3. The van der Waals surface area contributed by atoms with Crippen LogP contribution in [0.15, 0.2) is 18.5 Å². The lowest BCUT2D eigenvalue weighted by Gasteiger charge is -2.11. The Kier molecular flexibility index (Phi) is 4.59. The summed E-state index contributed by atoms with van der Waals surface area (Å²) in [7, 11) is 0. The molecule has 0 saturated carbocycles. The highest BCUT2D eigenvalue weighted by atomic mass is 35.5. The number of hydrogen-bond acceptors (Lipinski definition) is 5. The summed E-state index contributed by atoms with van der Waals surface area (Å²) < 4.78 is 5.60. The van der Waals surface area contributed by atoms with E-state index in [9.17, 15) is 10.1 Å². The standard InChI is InChI=1S/C13H11Cl2N3O3/c1-7-3-8(2)11(10(4-7)18(19)20)21-13-9(5-14)12(15)16-6-17-13/h3-4,6H,5H2,1-2H3. The quantitative estimate of drug-likeness (QED) is 0.364. The number of nitro benzene ring substituents is 1. The molecule has 6 nitrogen and oxygen atoms in total. The van der Waals surface area contributed by atoms with E-state index in [1.165, 1.54) is 12.4 Å². The van der Waals surface area contributed by atoms with Crippen molar-refractivity contribution in [2.45, 2.75) is 19.7 Å². The van der Waals surface area contributed by atoms with Gasteiger partial charge in [-0.25, -0.2) is 9.97 Å². The molecule has 0 N–H and O–H groups in total. The summed E-state index contributed by atoms with van der Waals surface area (Å²) in [6.45, 7) is 3.49. The van der Waals surface area contributed by atoms with Gasteiger partial charge in [0.05, 0.1) is 16.4 Å². The largest absolute Gasteiger partial charge is 0.431 e. The summed E-state index contributed by atoms with van der Waals surface area (Å²) in [4.78, 5) is 18.4. The molecule has 0 fully saturated rings. The molecule has 0 spiro atoms. The first-order valence-corrected chi connectivity index (χ1v) is 6.84. The topological polar surface area (TPSA) is 78.2 Å². The number of halogens is 2. The van der Waals surface area contributed by atoms with Crippen molar-refractivity contribution in [3.05, 3.63) is 50.4 Å². The molecule has 0 unspecified atom stereocenters. The van der Waals surface area contributed by atoms with Crippen LogP contribution in [0.3, 0.4) is 0 Å². The van der Waals surface area contributed by atoms with E-state index >= 15 is 0 Å². The summed E-state index contributed by atoms with van der Waals surface area (Å²) in [6, 6.07) is 3.22. The number of rotatable bonds is 4. The lowest BCUT2D eigenvalue weighted by molar-refractivity contribution is -0.385. The molecule has 2 aromatic rings. The second-order valence-electron chi connectivity index (χ2n) is 4.37. The average Bonchev–Trinajstić information content (AvgIpc) is 2.41. The van der Waals surface area contributed by atoms with Crippen LogP contribution < -0.4 is 4.74 Å². The minimum atomic E-state index is -0.501. The van der Waals surface area contributed by atoms with Gasteiger partial charge >= 0.3 is 5.69 Å². The highest BCUT2D eigenvalue weighted by Crippen LogP contribution is 2.37. The average molecular weight is 328 g/mol. The Morgan fingerprint density at radius 3 is 2.67 bits per heavy atom. The summed E-state index contributed by atoms with van der Waals surface area (Å²) >= 11 is 11.7. The van der Waals surface area contributed by atoms with Crippen LogP contribution in [0, 0.1) is 24.0 Å². The molecule has 8 heteroatoms. The number of alkyl halides is 1. The highest BCUT2D eigenvalue weighted by Gasteiger charge is 2.21. The summed E-state index contributed by atoms with van der Waals surface area (Å²) in [6.07, 6.45) is 1.21. The van der Waals surface area contributed by atoms with Crippen LogP contribution in [0.4, 0.5) is 5.69 Å². The second-order valence-corrected chi connectivity index (χ2v) is 5.00. The van der Waals surface area contributed by atoms with Crippen molar-refractivity contribution in [3.8, 4) is 11.6 Å². The van der Waals surface area contributed by atoms with E-state index in [2.05, 4.69) is 9.97 Å². The van der Waals surface area contributed by atoms with Crippen LogP contribution in [0.25, 0.3) is 0 Å². The molecule has 0 radical (unpaired) electrons. The highest BCUT2D eigenvalue weighted by molar-refractivity contribution is 6.31. The predicted octanol–water partition coefficient (Wildman–Crippen LogP) is 4.19. The lowest BCUT2D eigenvalue weighted by Crippen LogP contribution is -2.01. The maximum absolute atomic E-state index is 11.2. The van der Waals surface area contributed by atoms with Crippen molar-refractivity contribution >= 4 is 28.9 Å². The van der Waals surface area contributed by atoms with Crippen molar-refractivity contribution < 1.29 is 9.66 Å².